The van der Waals surface area contributed by atoms with Gasteiger partial charge in [-0.1, -0.05) is 41.9 Å². The molecule has 6 nitrogen and oxygen atoms in total. The van der Waals surface area contributed by atoms with Crippen molar-refractivity contribution in [3.63, 3.8) is 0 Å². The normalized spacial score (nSPS) is 14.9. The summed E-state index contributed by atoms with van der Waals surface area (Å²) in [6.45, 7) is 6.59. The molecule has 0 saturated carbocycles. The summed E-state index contributed by atoms with van der Waals surface area (Å²) >= 11 is 5.86. The Morgan fingerprint density at radius 3 is 2.18 bits per heavy atom. The van der Waals surface area contributed by atoms with Crippen LogP contribution >= 0.6 is 11.6 Å². The zero-order chi connectivity index (χ0) is 23.9. The third-order valence-electron chi connectivity index (χ3n) is 5.97. The number of nitrogens with zero attached hydrogens (tertiary/aromatic N) is 2. The molecule has 0 aromatic heterocycles. The van der Waals surface area contributed by atoms with Crippen LogP contribution in [-0.2, 0) is 11.3 Å². The van der Waals surface area contributed by atoms with Crippen LogP contribution in [0.25, 0.3) is 0 Å². The SMILES string of the molecule is C[C@@H](NC(=O)c1ccc(Cl)cc1)C(=O)Nc1ccc(N2CCN(Cc3ccccc3)CC2)cc1. The van der Waals surface area contributed by atoms with Crippen molar-refractivity contribution in [2.45, 2.75) is 19.5 Å². The third kappa shape index (κ3) is 6.37. The Hall–Kier alpha value is -3.35. The zero-order valence-corrected chi connectivity index (χ0v) is 20.0. The summed E-state index contributed by atoms with van der Waals surface area (Å²) in [6, 6.07) is 24.3. The largest absolute Gasteiger partial charge is 0.369 e. The predicted molar refractivity (Wildman–Crippen MR) is 137 cm³/mol. The average Bonchev–Trinajstić information content (AvgIpc) is 2.86. The number of carbonyl (C=O) groups excluding carboxylic acids is 2. The molecule has 0 spiro atoms. The molecule has 0 bridgehead atoms. The maximum absolute atomic E-state index is 12.5. The molecule has 7 heteroatoms. The number of piperazine rings is 1. The smallest absolute Gasteiger partial charge is 0.251 e. The number of amides is 2. The number of anilines is 2. The van der Waals surface area contributed by atoms with Gasteiger partial charge in [-0.15, -0.1) is 0 Å². The van der Waals surface area contributed by atoms with Crippen LogP contribution in [0.4, 0.5) is 11.4 Å². The maximum Gasteiger partial charge on any atom is 0.251 e. The molecule has 1 heterocycles. The van der Waals surface area contributed by atoms with Crippen molar-refractivity contribution in [2.75, 3.05) is 36.4 Å². The molecule has 0 aliphatic carbocycles. The van der Waals surface area contributed by atoms with Crippen molar-refractivity contribution in [2.24, 2.45) is 0 Å². The lowest BCUT2D eigenvalue weighted by Crippen LogP contribution is -2.45. The average molecular weight is 477 g/mol. The van der Waals surface area contributed by atoms with E-state index in [4.69, 9.17) is 11.6 Å². The van der Waals surface area contributed by atoms with Crippen molar-refractivity contribution >= 4 is 34.8 Å². The lowest BCUT2D eigenvalue weighted by atomic mass is 10.2. The first kappa shape index (κ1) is 23.8. The molecule has 34 heavy (non-hydrogen) atoms. The number of halogens is 1. The monoisotopic (exact) mass is 476 g/mol. The summed E-state index contributed by atoms with van der Waals surface area (Å²) in [6.07, 6.45) is 0. The van der Waals surface area contributed by atoms with Crippen LogP contribution in [0.15, 0.2) is 78.9 Å². The highest BCUT2D eigenvalue weighted by Gasteiger charge is 2.19. The molecule has 176 valence electrons. The molecule has 3 aromatic rings. The van der Waals surface area contributed by atoms with E-state index in [-0.39, 0.29) is 11.8 Å². The molecule has 1 saturated heterocycles. The number of hydrogen-bond acceptors (Lipinski definition) is 4. The van der Waals surface area contributed by atoms with Crippen LogP contribution in [0.1, 0.15) is 22.8 Å². The van der Waals surface area contributed by atoms with E-state index in [9.17, 15) is 9.59 Å². The maximum atomic E-state index is 12.5. The minimum Gasteiger partial charge on any atom is -0.369 e. The Labute approximate surface area is 205 Å². The quantitative estimate of drug-likeness (QED) is 0.530. The number of benzene rings is 3. The van der Waals surface area contributed by atoms with E-state index in [1.54, 1.807) is 31.2 Å². The first-order chi connectivity index (χ1) is 16.5. The Kier molecular flexibility index (Phi) is 7.83. The summed E-state index contributed by atoms with van der Waals surface area (Å²) < 4.78 is 0. The number of nitrogens with one attached hydrogen (secondary N) is 2. The third-order valence-corrected chi connectivity index (χ3v) is 6.22. The highest BCUT2D eigenvalue weighted by Crippen LogP contribution is 2.20. The summed E-state index contributed by atoms with van der Waals surface area (Å²) in [5.74, 6) is -0.592. The van der Waals surface area contributed by atoms with E-state index in [1.165, 1.54) is 5.56 Å². The summed E-state index contributed by atoms with van der Waals surface area (Å²) in [5, 5.41) is 6.14. The van der Waals surface area contributed by atoms with E-state index in [2.05, 4.69) is 44.7 Å². The van der Waals surface area contributed by atoms with Crippen molar-refractivity contribution in [1.82, 2.24) is 10.2 Å². The van der Waals surface area contributed by atoms with E-state index in [0.29, 0.717) is 16.3 Å². The second-order valence-electron chi connectivity index (χ2n) is 8.49. The lowest BCUT2D eigenvalue weighted by Gasteiger charge is -2.36. The first-order valence-corrected chi connectivity index (χ1v) is 11.8. The van der Waals surface area contributed by atoms with Gasteiger partial charge in [-0.25, -0.2) is 0 Å². The molecule has 1 fully saturated rings. The molecular weight excluding hydrogens is 448 g/mol. The Bertz CT molecular complexity index is 1100. The van der Waals surface area contributed by atoms with Gasteiger partial charge in [-0.2, -0.15) is 0 Å². The number of carbonyl (C=O) groups is 2. The van der Waals surface area contributed by atoms with Gasteiger partial charge >= 0.3 is 0 Å². The van der Waals surface area contributed by atoms with E-state index in [0.717, 1.165) is 38.4 Å². The standard InChI is InChI=1S/C27H29ClN4O2/c1-20(29-27(34)22-7-9-23(28)10-8-22)26(33)30-24-11-13-25(14-12-24)32-17-15-31(16-18-32)19-21-5-3-2-4-6-21/h2-14,20H,15-19H2,1H3,(H,29,34)(H,30,33)/t20-/m1/s1. The topological polar surface area (TPSA) is 64.7 Å². The Morgan fingerprint density at radius 2 is 1.53 bits per heavy atom. The zero-order valence-electron chi connectivity index (χ0n) is 19.2. The van der Waals surface area contributed by atoms with Gasteiger partial charge in [-0.3, -0.25) is 14.5 Å². The Morgan fingerprint density at radius 1 is 0.882 bits per heavy atom. The molecule has 4 rings (SSSR count). The fraction of sp³-hybridized carbons (Fsp3) is 0.259. The summed E-state index contributed by atoms with van der Waals surface area (Å²) in [5.41, 5.74) is 3.64. The van der Waals surface area contributed by atoms with Gasteiger partial charge in [0.1, 0.15) is 6.04 Å². The van der Waals surface area contributed by atoms with Gasteiger partial charge in [0, 0.05) is 54.7 Å². The van der Waals surface area contributed by atoms with Gasteiger partial charge in [0.25, 0.3) is 5.91 Å². The van der Waals surface area contributed by atoms with Gasteiger partial charge in [-0.05, 0) is 61.0 Å². The van der Waals surface area contributed by atoms with Gasteiger partial charge in [0.2, 0.25) is 5.91 Å². The highest BCUT2D eigenvalue weighted by atomic mass is 35.5. The van der Waals surface area contributed by atoms with Crippen LogP contribution in [-0.4, -0.2) is 48.9 Å². The number of hydrogen-bond donors (Lipinski definition) is 2. The summed E-state index contributed by atoms with van der Waals surface area (Å²) in [7, 11) is 0. The lowest BCUT2D eigenvalue weighted by molar-refractivity contribution is -0.117. The Balaban J connectivity index is 1.25. The predicted octanol–water partition coefficient (Wildman–Crippen LogP) is 4.42. The van der Waals surface area contributed by atoms with Crippen molar-refractivity contribution < 1.29 is 9.59 Å². The van der Waals surface area contributed by atoms with Crippen LogP contribution in [0.3, 0.4) is 0 Å². The van der Waals surface area contributed by atoms with Crippen LogP contribution in [0, 0.1) is 0 Å². The summed E-state index contributed by atoms with van der Waals surface area (Å²) in [4.78, 5) is 29.7. The van der Waals surface area contributed by atoms with Crippen molar-refractivity contribution in [3.8, 4) is 0 Å². The van der Waals surface area contributed by atoms with Gasteiger partial charge < -0.3 is 15.5 Å². The second kappa shape index (κ2) is 11.2. The molecule has 1 atom stereocenters. The van der Waals surface area contributed by atoms with E-state index >= 15 is 0 Å². The van der Waals surface area contributed by atoms with Crippen molar-refractivity contribution in [1.29, 1.82) is 0 Å². The molecular formula is C27H29ClN4O2. The highest BCUT2D eigenvalue weighted by molar-refractivity contribution is 6.30. The van der Waals surface area contributed by atoms with E-state index < -0.39 is 6.04 Å². The molecule has 1 aliphatic heterocycles. The number of rotatable bonds is 7. The second-order valence-corrected chi connectivity index (χ2v) is 8.92. The van der Waals surface area contributed by atoms with Gasteiger partial charge in [0.05, 0.1) is 0 Å². The first-order valence-electron chi connectivity index (χ1n) is 11.5. The molecule has 2 amide bonds. The minimum absolute atomic E-state index is 0.274. The fourth-order valence-corrected chi connectivity index (χ4v) is 4.08. The molecule has 3 aromatic carbocycles. The molecule has 0 unspecified atom stereocenters. The minimum atomic E-state index is -0.680. The van der Waals surface area contributed by atoms with Crippen molar-refractivity contribution in [3.05, 3.63) is 95.0 Å². The van der Waals surface area contributed by atoms with E-state index in [1.807, 2.05) is 30.3 Å². The van der Waals surface area contributed by atoms with Crippen LogP contribution in [0.5, 0.6) is 0 Å². The molecule has 0 radical (unpaired) electrons. The fourth-order valence-electron chi connectivity index (χ4n) is 3.96. The van der Waals surface area contributed by atoms with Crippen LogP contribution in [0.2, 0.25) is 5.02 Å². The van der Waals surface area contributed by atoms with Crippen LogP contribution < -0.4 is 15.5 Å². The molecule has 1 aliphatic rings. The molecule has 2 N–H and O–H groups in total. The van der Waals surface area contributed by atoms with Gasteiger partial charge in [0.15, 0.2) is 0 Å².